The zero-order chi connectivity index (χ0) is 25.1. The number of fused-ring (bicyclic) bond motifs is 7. The molecule has 0 saturated carbocycles. The largest absolute Gasteiger partial charge is 0.307 e. The summed E-state index contributed by atoms with van der Waals surface area (Å²) in [4.78, 5) is 0. The Labute approximate surface area is 212 Å². The van der Waals surface area contributed by atoms with Crippen molar-refractivity contribution < 1.29 is 4.57 Å². The molecule has 0 saturated heterocycles. The molecular weight excluding hydrogens is 436 g/mol. The molecule has 4 aromatic carbocycles. The lowest BCUT2D eigenvalue weighted by molar-refractivity contribution is -0.643. The molecule has 0 amide bonds. The van der Waals surface area contributed by atoms with Gasteiger partial charge in [0, 0.05) is 16.8 Å². The van der Waals surface area contributed by atoms with E-state index in [2.05, 4.69) is 118 Å². The SMILES string of the molecule is Cc1ccc2c(C)c3c(c(C)c2c1)n1c2c(CC(C)(C)C)cccc2c2ccc4cc[n+](C)c3c4c21. The summed E-state index contributed by atoms with van der Waals surface area (Å²) in [5.41, 5.74) is 11.1. The van der Waals surface area contributed by atoms with Crippen LogP contribution in [0.25, 0.3) is 59.8 Å². The Morgan fingerprint density at radius 2 is 1.47 bits per heavy atom. The maximum Gasteiger partial charge on any atom is 0.224 e. The predicted molar refractivity (Wildman–Crippen MR) is 155 cm³/mol. The van der Waals surface area contributed by atoms with E-state index in [1.807, 2.05) is 0 Å². The van der Waals surface area contributed by atoms with E-state index in [0.717, 1.165) is 6.42 Å². The highest BCUT2D eigenvalue weighted by Crippen LogP contribution is 2.45. The maximum absolute atomic E-state index is 2.64. The predicted octanol–water partition coefficient (Wildman–Crippen LogP) is 8.48. The molecule has 3 heterocycles. The van der Waals surface area contributed by atoms with E-state index in [1.165, 1.54) is 82.0 Å². The number of aromatic nitrogens is 2. The first-order chi connectivity index (χ1) is 17.2. The van der Waals surface area contributed by atoms with E-state index in [1.54, 1.807) is 0 Å². The molecule has 0 radical (unpaired) electrons. The summed E-state index contributed by atoms with van der Waals surface area (Å²) >= 11 is 0. The van der Waals surface area contributed by atoms with Crippen LogP contribution in [0.4, 0.5) is 0 Å². The minimum absolute atomic E-state index is 0.202. The maximum atomic E-state index is 2.64. The molecule has 0 aliphatic heterocycles. The highest BCUT2D eigenvalue weighted by molar-refractivity contribution is 6.29. The first-order valence-corrected chi connectivity index (χ1v) is 13.1. The van der Waals surface area contributed by atoms with Crippen molar-refractivity contribution in [2.45, 2.75) is 48.0 Å². The molecule has 7 aromatic rings. The minimum Gasteiger partial charge on any atom is -0.307 e. The normalized spacial score (nSPS) is 13.0. The summed E-state index contributed by atoms with van der Waals surface area (Å²) in [5, 5.41) is 9.49. The van der Waals surface area contributed by atoms with Crippen LogP contribution in [-0.4, -0.2) is 4.40 Å². The van der Waals surface area contributed by atoms with Crippen LogP contribution in [-0.2, 0) is 13.5 Å². The second kappa shape index (κ2) is 6.97. The summed E-state index contributed by atoms with van der Waals surface area (Å²) in [6.45, 7) is 13.9. The summed E-state index contributed by atoms with van der Waals surface area (Å²) in [6.07, 6.45) is 3.27. The van der Waals surface area contributed by atoms with Crippen molar-refractivity contribution in [1.82, 2.24) is 4.40 Å². The molecule has 36 heavy (non-hydrogen) atoms. The Hall–Kier alpha value is -3.65. The van der Waals surface area contributed by atoms with Gasteiger partial charge in [0.15, 0.2) is 6.20 Å². The van der Waals surface area contributed by atoms with Gasteiger partial charge in [0.1, 0.15) is 7.05 Å². The number of para-hydroxylation sites is 1. The summed E-state index contributed by atoms with van der Waals surface area (Å²) in [7, 11) is 2.20. The average molecular weight is 470 g/mol. The summed E-state index contributed by atoms with van der Waals surface area (Å²) < 4.78 is 4.98. The van der Waals surface area contributed by atoms with Gasteiger partial charge in [-0.1, -0.05) is 74.9 Å². The fourth-order valence-electron chi connectivity index (χ4n) is 6.80. The van der Waals surface area contributed by atoms with Crippen molar-refractivity contribution in [1.29, 1.82) is 0 Å². The number of pyridine rings is 2. The lowest BCUT2D eigenvalue weighted by atomic mass is 9.87. The van der Waals surface area contributed by atoms with Gasteiger partial charge in [-0.3, -0.25) is 0 Å². The van der Waals surface area contributed by atoms with Gasteiger partial charge in [-0.05, 0) is 65.5 Å². The second-order valence-corrected chi connectivity index (χ2v) is 12.1. The Morgan fingerprint density at radius 3 is 2.25 bits per heavy atom. The number of hydrogen-bond donors (Lipinski definition) is 0. The topological polar surface area (TPSA) is 8.29 Å². The highest BCUT2D eigenvalue weighted by Gasteiger charge is 2.27. The molecule has 178 valence electrons. The number of nitrogens with zero attached hydrogens (tertiary/aromatic N) is 2. The van der Waals surface area contributed by atoms with Gasteiger partial charge in [0.2, 0.25) is 5.52 Å². The molecule has 2 heteroatoms. The smallest absolute Gasteiger partial charge is 0.224 e. The van der Waals surface area contributed by atoms with E-state index >= 15 is 0 Å². The average Bonchev–Trinajstić information content (AvgIpc) is 3.17. The third-order valence-corrected chi connectivity index (χ3v) is 8.27. The van der Waals surface area contributed by atoms with Crippen LogP contribution in [0, 0.1) is 26.2 Å². The zero-order valence-electron chi connectivity index (χ0n) is 22.4. The molecule has 0 unspecified atom stereocenters. The highest BCUT2D eigenvalue weighted by atomic mass is 15.0. The van der Waals surface area contributed by atoms with Crippen molar-refractivity contribution in [3.05, 3.63) is 83.0 Å². The lowest BCUT2D eigenvalue weighted by Gasteiger charge is -2.21. The van der Waals surface area contributed by atoms with Crippen LogP contribution >= 0.6 is 0 Å². The van der Waals surface area contributed by atoms with E-state index in [0.29, 0.717) is 0 Å². The van der Waals surface area contributed by atoms with Crippen molar-refractivity contribution in [2.24, 2.45) is 12.5 Å². The van der Waals surface area contributed by atoms with E-state index in [4.69, 9.17) is 0 Å². The summed E-state index contributed by atoms with van der Waals surface area (Å²) in [5.74, 6) is 0. The number of benzene rings is 4. The third-order valence-electron chi connectivity index (χ3n) is 8.27. The van der Waals surface area contributed by atoms with E-state index in [9.17, 15) is 0 Å². The lowest BCUT2D eigenvalue weighted by Crippen LogP contribution is -2.29. The van der Waals surface area contributed by atoms with Crippen LogP contribution < -0.4 is 4.57 Å². The zero-order valence-corrected chi connectivity index (χ0v) is 22.4. The number of rotatable bonds is 1. The Morgan fingerprint density at radius 1 is 0.722 bits per heavy atom. The third kappa shape index (κ3) is 2.70. The quantitative estimate of drug-likeness (QED) is 0.129. The standard InChI is InChI=1S/C34H33N2/c1-19-11-13-24-20(2)28-30(21(3)27(24)17-19)36-31-23(18-34(4,5)6)9-8-10-25(31)26-14-12-22-15-16-35(7)33(28)29(22)32(26)36/h8-17H,18H2,1-7H3/q+1. The van der Waals surface area contributed by atoms with Crippen molar-refractivity contribution in [3.8, 4) is 0 Å². The molecule has 7 rings (SSSR count). The Balaban J connectivity index is 1.91. The monoisotopic (exact) mass is 469 g/mol. The molecule has 2 nitrogen and oxygen atoms in total. The molecule has 0 N–H and O–H groups in total. The van der Waals surface area contributed by atoms with Crippen molar-refractivity contribution in [3.63, 3.8) is 0 Å². The van der Waals surface area contributed by atoms with Gasteiger partial charge in [0.25, 0.3) is 0 Å². The summed E-state index contributed by atoms with van der Waals surface area (Å²) in [6, 6.07) is 20.8. The van der Waals surface area contributed by atoms with Gasteiger partial charge in [-0.25, -0.2) is 4.57 Å². The van der Waals surface area contributed by atoms with Crippen LogP contribution in [0.5, 0.6) is 0 Å². The van der Waals surface area contributed by atoms with Gasteiger partial charge >= 0.3 is 0 Å². The fourth-order valence-corrected chi connectivity index (χ4v) is 6.80. The number of aryl methyl sites for hydroxylation is 4. The molecule has 0 spiro atoms. The molecule has 0 aliphatic rings. The van der Waals surface area contributed by atoms with Gasteiger partial charge in [-0.15, -0.1) is 0 Å². The van der Waals surface area contributed by atoms with Gasteiger partial charge in [-0.2, -0.15) is 0 Å². The Kier molecular flexibility index (Phi) is 4.19. The van der Waals surface area contributed by atoms with E-state index in [-0.39, 0.29) is 5.41 Å². The molecule has 0 atom stereocenters. The van der Waals surface area contributed by atoms with Gasteiger partial charge in [0.05, 0.1) is 27.3 Å². The molecule has 0 fully saturated rings. The van der Waals surface area contributed by atoms with Crippen LogP contribution in [0.15, 0.2) is 60.8 Å². The molecule has 3 aromatic heterocycles. The first kappa shape index (κ1) is 21.6. The first-order valence-electron chi connectivity index (χ1n) is 13.1. The van der Waals surface area contributed by atoms with Crippen molar-refractivity contribution >= 4 is 59.8 Å². The fraction of sp³-hybridized carbons (Fsp3) is 0.265. The van der Waals surface area contributed by atoms with Crippen molar-refractivity contribution in [2.75, 3.05) is 0 Å². The van der Waals surface area contributed by atoms with Gasteiger partial charge < -0.3 is 4.40 Å². The number of hydrogen-bond acceptors (Lipinski definition) is 0. The van der Waals surface area contributed by atoms with Crippen LogP contribution in [0.3, 0.4) is 0 Å². The van der Waals surface area contributed by atoms with Crippen LogP contribution in [0.2, 0.25) is 0 Å². The molecule has 0 bridgehead atoms. The second-order valence-electron chi connectivity index (χ2n) is 12.1. The van der Waals surface area contributed by atoms with Crippen LogP contribution in [0.1, 0.15) is 43.0 Å². The Bertz CT molecular complexity index is 2030. The minimum atomic E-state index is 0.202. The van der Waals surface area contributed by atoms with E-state index < -0.39 is 0 Å². The molecular formula is C34H33N2+. The molecule has 0 aliphatic carbocycles.